The second kappa shape index (κ2) is 8.00. The van der Waals surface area contributed by atoms with E-state index in [4.69, 9.17) is 23.8 Å². The average molecular weight is 359 g/mol. The summed E-state index contributed by atoms with van der Waals surface area (Å²) >= 11 is 11.9. The Morgan fingerprint density at radius 3 is 2.38 bits per heavy atom. The van der Waals surface area contributed by atoms with Gasteiger partial charge in [-0.3, -0.25) is 0 Å². The highest BCUT2D eigenvalue weighted by Gasteiger charge is 2.34. The molecule has 0 radical (unpaired) electrons. The number of benzene rings is 2. The molecule has 1 fully saturated rings. The molecule has 0 spiro atoms. The fraction of sp³-hybridized carbons (Fsp3) is 0.350. The van der Waals surface area contributed by atoms with Gasteiger partial charge < -0.3 is 10.6 Å². The smallest absolute Gasteiger partial charge is 0.171 e. The van der Waals surface area contributed by atoms with Gasteiger partial charge in [-0.15, -0.1) is 0 Å². The van der Waals surface area contributed by atoms with Crippen LogP contribution in [0.15, 0.2) is 54.6 Å². The van der Waals surface area contributed by atoms with E-state index in [2.05, 4.69) is 22.8 Å². The third-order valence-electron chi connectivity index (χ3n) is 4.80. The Bertz CT molecular complexity index is 681. The zero-order valence-corrected chi connectivity index (χ0v) is 15.3. The van der Waals surface area contributed by atoms with Crippen molar-refractivity contribution in [1.82, 2.24) is 5.32 Å². The minimum Gasteiger partial charge on any atom is -0.357 e. The number of halogens is 1. The van der Waals surface area contributed by atoms with Crippen molar-refractivity contribution in [1.29, 1.82) is 0 Å². The lowest BCUT2D eigenvalue weighted by Crippen LogP contribution is -2.48. The molecule has 2 aromatic carbocycles. The lowest BCUT2D eigenvalue weighted by molar-refractivity contribution is 0.362. The number of para-hydroxylation sites is 1. The molecule has 2 nitrogen and oxygen atoms in total. The van der Waals surface area contributed by atoms with Crippen molar-refractivity contribution in [2.24, 2.45) is 0 Å². The number of hydrogen-bond acceptors (Lipinski definition) is 1. The van der Waals surface area contributed by atoms with Gasteiger partial charge in [-0.1, -0.05) is 60.8 Å². The molecule has 0 heterocycles. The van der Waals surface area contributed by atoms with Crippen molar-refractivity contribution in [3.8, 4) is 0 Å². The quantitative estimate of drug-likeness (QED) is 0.683. The van der Waals surface area contributed by atoms with Crippen LogP contribution in [0.3, 0.4) is 0 Å². The summed E-state index contributed by atoms with van der Waals surface area (Å²) in [6.07, 6.45) is 6.85. The highest BCUT2D eigenvalue weighted by atomic mass is 35.5. The number of rotatable bonds is 5. The number of nitrogens with one attached hydrogen (secondary N) is 2. The number of hydrogen-bond donors (Lipinski definition) is 2. The molecule has 0 atom stereocenters. The number of thiocarbonyl (C=S) groups is 1. The van der Waals surface area contributed by atoms with E-state index in [9.17, 15) is 0 Å². The lowest BCUT2D eigenvalue weighted by atomic mass is 9.89. The van der Waals surface area contributed by atoms with Crippen molar-refractivity contribution >= 4 is 34.6 Å². The molecule has 2 N–H and O–H groups in total. The summed E-state index contributed by atoms with van der Waals surface area (Å²) in [5.41, 5.74) is 2.32. The largest absolute Gasteiger partial charge is 0.357 e. The van der Waals surface area contributed by atoms with Gasteiger partial charge in [-0.2, -0.15) is 0 Å². The topological polar surface area (TPSA) is 24.1 Å². The third kappa shape index (κ3) is 4.49. The monoisotopic (exact) mass is 358 g/mol. The molecule has 0 unspecified atom stereocenters. The average Bonchev–Trinajstić information content (AvgIpc) is 3.03. The number of anilines is 1. The van der Waals surface area contributed by atoms with Gasteiger partial charge in [0.25, 0.3) is 0 Å². The SMILES string of the molecule is S=C(Nc1ccccc1)NC1(CCc2ccccc2Cl)CCCC1. The zero-order valence-electron chi connectivity index (χ0n) is 13.7. The van der Waals surface area contributed by atoms with Gasteiger partial charge in [0, 0.05) is 16.2 Å². The summed E-state index contributed by atoms with van der Waals surface area (Å²) in [5, 5.41) is 8.47. The van der Waals surface area contributed by atoms with E-state index < -0.39 is 0 Å². The minimum atomic E-state index is 0.0814. The van der Waals surface area contributed by atoms with Crippen LogP contribution >= 0.6 is 23.8 Å². The van der Waals surface area contributed by atoms with Crippen LogP contribution in [0.25, 0.3) is 0 Å². The van der Waals surface area contributed by atoms with Gasteiger partial charge in [-0.05, 0) is 61.7 Å². The Balaban J connectivity index is 1.63. The van der Waals surface area contributed by atoms with Crippen LogP contribution in [0.2, 0.25) is 5.02 Å². The molecular weight excluding hydrogens is 336 g/mol. The third-order valence-corrected chi connectivity index (χ3v) is 5.37. The molecule has 126 valence electrons. The molecule has 1 saturated carbocycles. The zero-order chi connectivity index (χ0) is 16.8. The lowest BCUT2D eigenvalue weighted by Gasteiger charge is -2.32. The van der Waals surface area contributed by atoms with Crippen LogP contribution in [-0.4, -0.2) is 10.7 Å². The summed E-state index contributed by atoms with van der Waals surface area (Å²) in [4.78, 5) is 0. The van der Waals surface area contributed by atoms with Crippen molar-refractivity contribution in [2.45, 2.75) is 44.1 Å². The van der Waals surface area contributed by atoms with Gasteiger partial charge in [-0.25, -0.2) is 0 Å². The Kier molecular flexibility index (Phi) is 5.75. The van der Waals surface area contributed by atoms with Crippen LogP contribution in [0.1, 0.15) is 37.7 Å². The summed E-state index contributed by atoms with van der Waals surface area (Å²) < 4.78 is 0. The molecule has 3 rings (SSSR count). The molecule has 0 saturated heterocycles. The van der Waals surface area contributed by atoms with E-state index in [0.29, 0.717) is 5.11 Å². The second-order valence-corrected chi connectivity index (χ2v) is 7.34. The van der Waals surface area contributed by atoms with E-state index in [1.165, 1.54) is 18.4 Å². The van der Waals surface area contributed by atoms with Gasteiger partial charge in [0.05, 0.1) is 0 Å². The van der Waals surface area contributed by atoms with Crippen molar-refractivity contribution in [3.63, 3.8) is 0 Å². The van der Waals surface area contributed by atoms with Gasteiger partial charge in [0.1, 0.15) is 0 Å². The van der Waals surface area contributed by atoms with E-state index in [1.807, 2.05) is 42.5 Å². The molecule has 0 aromatic heterocycles. The first-order valence-electron chi connectivity index (χ1n) is 8.55. The Morgan fingerprint density at radius 1 is 1.00 bits per heavy atom. The highest BCUT2D eigenvalue weighted by Crippen LogP contribution is 2.34. The predicted molar refractivity (Wildman–Crippen MR) is 107 cm³/mol. The minimum absolute atomic E-state index is 0.0814. The normalized spacial score (nSPS) is 15.9. The Labute approximate surface area is 154 Å². The molecule has 0 bridgehead atoms. The molecule has 1 aliphatic rings. The van der Waals surface area contributed by atoms with Gasteiger partial charge in [0.2, 0.25) is 0 Å². The van der Waals surface area contributed by atoms with Crippen LogP contribution in [0.5, 0.6) is 0 Å². The molecule has 2 aromatic rings. The fourth-order valence-electron chi connectivity index (χ4n) is 3.49. The predicted octanol–water partition coefficient (Wildman–Crippen LogP) is 5.57. The van der Waals surface area contributed by atoms with E-state index in [0.717, 1.165) is 36.4 Å². The maximum Gasteiger partial charge on any atom is 0.171 e. The first kappa shape index (κ1) is 17.2. The molecule has 1 aliphatic carbocycles. The Hall–Kier alpha value is -1.58. The van der Waals surface area contributed by atoms with E-state index in [-0.39, 0.29) is 5.54 Å². The van der Waals surface area contributed by atoms with Crippen LogP contribution < -0.4 is 10.6 Å². The van der Waals surface area contributed by atoms with Crippen molar-refractivity contribution < 1.29 is 0 Å². The van der Waals surface area contributed by atoms with Gasteiger partial charge in [0.15, 0.2) is 5.11 Å². The van der Waals surface area contributed by atoms with Crippen LogP contribution in [0, 0.1) is 0 Å². The molecule has 24 heavy (non-hydrogen) atoms. The molecule has 0 amide bonds. The van der Waals surface area contributed by atoms with E-state index in [1.54, 1.807) is 0 Å². The van der Waals surface area contributed by atoms with Crippen molar-refractivity contribution in [3.05, 3.63) is 65.2 Å². The second-order valence-electron chi connectivity index (χ2n) is 6.52. The fourth-order valence-corrected chi connectivity index (χ4v) is 4.05. The summed E-state index contributed by atoms with van der Waals surface area (Å²) in [5.74, 6) is 0. The van der Waals surface area contributed by atoms with E-state index >= 15 is 0 Å². The standard InChI is InChI=1S/C20H23ClN2S/c21-18-11-5-4-8-16(18)12-15-20(13-6-7-14-20)23-19(24)22-17-9-2-1-3-10-17/h1-5,8-11H,6-7,12-15H2,(H2,22,23,24). The molecule has 0 aliphatic heterocycles. The first-order chi connectivity index (χ1) is 11.7. The molecule has 4 heteroatoms. The Morgan fingerprint density at radius 2 is 1.67 bits per heavy atom. The van der Waals surface area contributed by atoms with Gasteiger partial charge >= 0.3 is 0 Å². The maximum absolute atomic E-state index is 6.31. The first-order valence-corrected chi connectivity index (χ1v) is 9.33. The molecular formula is C20H23ClN2S. The summed E-state index contributed by atoms with van der Waals surface area (Å²) in [6, 6.07) is 18.2. The van der Waals surface area contributed by atoms with Crippen molar-refractivity contribution in [2.75, 3.05) is 5.32 Å². The summed E-state index contributed by atoms with van der Waals surface area (Å²) in [7, 11) is 0. The van der Waals surface area contributed by atoms with Crippen LogP contribution in [-0.2, 0) is 6.42 Å². The number of aryl methyl sites for hydroxylation is 1. The maximum atomic E-state index is 6.31. The summed E-state index contributed by atoms with van der Waals surface area (Å²) in [6.45, 7) is 0. The van der Waals surface area contributed by atoms with Crippen LogP contribution in [0.4, 0.5) is 5.69 Å². The highest BCUT2D eigenvalue weighted by molar-refractivity contribution is 7.80.